The van der Waals surface area contributed by atoms with Gasteiger partial charge in [-0.15, -0.1) is 0 Å². The van der Waals surface area contributed by atoms with Crippen molar-refractivity contribution in [2.24, 2.45) is 10.9 Å². The van der Waals surface area contributed by atoms with Crippen LogP contribution in [0.2, 0.25) is 0 Å². The zero-order valence-electron chi connectivity index (χ0n) is 11.4. The molecule has 1 aromatic heterocycles. The van der Waals surface area contributed by atoms with Gasteiger partial charge in [0.1, 0.15) is 5.00 Å². The van der Waals surface area contributed by atoms with Crippen LogP contribution in [-0.4, -0.2) is 22.5 Å². The third kappa shape index (κ3) is 2.41. The summed E-state index contributed by atoms with van der Waals surface area (Å²) in [5, 5.41) is 14.0. The molecule has 0 radical (unpaired) electrons. The Kier molecular flexibility index (Phi) is 3.45. The first kappa shape index (κ1) is 13.4. The van der Waals surface area contributed by atoms with Crippen molar-refractivity contribution in [3.8, 4) is 0 Å². The Morgan fingerprint density at radius 3 is 2.86 bits per heavy atom. The molecule has 3 N–H and O–H groups in total. The number of rotatable bonds is 3. The molecule has 0 saturated heterocycles. The second-order valence-corrected chi connectivity index (χ2v) is 5.35. The lowest BCUT2D eigenvalue weighted by Gasteiger charge is -2.18. The number of aromatic nitrogens is 1. The summed E-state index contributed by atoms with van der Waals surface area (Å²) in [5.74, 6) is 0.0967. The molecule has 0 aliphatic heterocycles. The van der Waals surface area contributed by atoms with E-state index in [4.69, 9.17) is 10.9 Å². The summed E-state index contributed by atoms with van der Waals surface area (Å²) in [5.41, 5.74) is 8.26. The summed E-state index contributed by atoms with van der Waals surface area (Å²) >= 11 is 1.45. The topological polar surface area (TPSA) is 74.7 Å². The Labute approximate surface area is 126 Å². The van der Waals surface area contributed by atoms with Gasteiger partial charge in [0, 0.05) is 23.7 Å². The maximum Gasteiger partial charge on any atom is 0.170 e. The molecule has 0 bridgehead atoms. The summed E-state index contributed by atoms with van der Waals surface area (Å²) in [4.78, 5) is 2.05. The Morgan fingerprint density at radius 2 is 2.05 bits per heavy atom. The van der Waals surface area contributed by atoms with Crippen LogP contribution in [0.15, 0.2) is 53.7 Å². The predicted octanol–water partition coefficient (Wildman–Crippen LogP) is 3.16. The van der Waals surface area contributed by atoms with Crippen molar-refractivity contribution in [2.75, 3.05) is 11.9 Å². The van der Waals surface area contributed by atoms with Crippen molar-refractivity contribution in [1.82, 2.24) is 4.37 Å². The zero-order valence-corrected chi connectivity index (χ0v) is 12.2. The van der Waals surface area contributed by atoms with Crippen molar-refractivity contribution >= 4 is 39.0 Å². The molecule has 106 valence electrons. The van der Waals surface area contributed by atoms with Crippen LogP contribution in [-0.2, 0) is 0 Å². The van der Waals surface area contributed by atoms with Gasteiger partial charge < -0.3 is 15.8 Å². The van der Waals surface area contributed by atoms with Crippen LogP contribution in [0.1, 0.15) is 5.56 Å². The molecule has 0 aliphatic rings. The van der Waals surface area contributed by atoms with E-state index in [-0.39, 0.29) is 5.84 Å². The van der Waals surface area contributed by atoms with Gasteiger partial charge in [0.05, 0.1) is 5.52 Å². The average Bonchev–Trinajstić information content (AvgIpc) is 2.97. The smallest absolute Gasteiger partial charge is 0.170 e. The molecular weight excluding hydrogens is 284 g/mol. The molecule has 0 aliphatic carbocycles. The normalized spacial score (nSPS) is 11.8. The van der Waals surface area contributed by atoms with Crippen molar-refractivity contribution < 1.29 is 5.21 Å². The highest BCUT2D eigenvalue weighted by molar-refractivity contribution is 7.12. The van der Waals surface area contributed by atoms with Crippen molar-refractivity contribution in [3.05, 3.63) is 54.1 Å². The number of fused-ring (bicyclic) bond motifs is 1. The first-order chi connectivity index (χ1) is 10.2. The van der Waals surface area contributed by atoms with E-state index in [0.717, 1.165) is 21.6 Å². The van der Waals surface area contributed by atoms with Crippen molar-refractivity contribution in [2.45, 2.75) is 0 Å². The molecule has 1 heterocycles. The standard InChI is InChI=1S/C15H14N4OS/c1-19(11-6-4-5-10(9-11)14(16)17-20)15-12-7-2-3-8-13(12)18-21-15/h2-9,20H,1H3,(H2,16,17). The fraction of sp³-hybridized carbons (Fsp3) is 0.0667. The Balaban J connectivity index is 2.04. The average molecular weight is 298 g/mol. The van der Waals surface area contributed by atoms with Gasteiger partial charge in [-0.25, -0.2) is 0 Å². The highest BCUT2D eigenvalue weighted by Gasteiger charge is 2.12. The zero-order chi connectivity index (χ0) is 14.8. The summed E-state index contributed by atoms with van der Waals surface area (Å²) in [6.45, 7) is 0. The van der Waals surface area contributed by atoms with Crippen LogP contribution in [0.3, 0.4) is 0 Å². The van der Waals surface area contributed by atoms with Crippen LogP contribution in [0.4, 0.5) is 10.7 Å². The minimum Gasteiger partial charge on any atom is -0.409 e. The second kappa shape index (κ2) is 5.41. The van der Waals surface area contributed by atoms with Gasteiger partial charge in [0.15, 0.2) is 5.84 Å². The first-order valence-electron chi connectivity index (χ1n) is 6.37. The fourth-order valence-electron chi connectivity index (χ4n) is 2.17. The van der Waals surface area contributed by atoms with Crippen LogP contribution in [0, 0.1) is 0 Å². The summed E-state index contributed by atoms with van der Waals surface area (Å²) < 4.78 is 4.45. The lowest BCUT2D eigenvalue weighted by atomic mass is 10.1. The van der Waals surface area contributed by atoms with Gasteiger partial charge in [-0.05, 0) is 35.8 Å². The second-order valence-electron chi connectivity index (χ2n) is 4.60. The molecular formula is C15H14N4OS. The van der Waals surface area contributed by atoms with Crippen LogP contribution < -0.4 is 10.6 Å². The minimum absolute atomic E-state index is 0.0967. The van der Waals surface area contributed by atoms with Gasteiger partial charge in [0.25, 0.3) is 0 Å². The van der Waals surface area contributed by atoms with Gasteiger partial charge >= 0.3 is 0 Å². The lowest BCUT2D eigenvalue weighted by molar-refractivity contribution is 0.318. The quantitative estimate of drug-likeness (QED) is 0.337. The highest BCUT2D eigenvalue weighted by Crippen LogP contribution is 2.34. The van der Waals surface area contributed by atoms with Crippen molar-refractivity contribution in [3.63, 3.8) is 0 Å². The molecule has 21 heavy (non-hydrogen) atoms. The third-order valence-corrected chi connectivity index (χ3v) is 4.26. The largest absolute Gasteiger partial charge is 0.409 e. The number of oxime groups is 1. The van der Waals surface area contributed by atoms with Gasteiger partial charge in [-0.1, -0.05) is 29.4 Å². The molecule has 0 atom stereocenters. The molecule has 6 heteroatoms. The van der Waals surface area contributed by atoms with E-state index in [9.17, 15) is 0 Å². The third-order valence-electron chi connectivity index (χ3n) is 3.31. The monoisotopic (exact) mass is 298 g/mol. The van der Waals surface area contributed by atoms with Crippen molar-refractivity contribution in [1.29, 1.82) is 0 Å². The number of nitrogens with two attached hydrogens (primary N) is 1. The maximum absolute atomic E-state index is 8.78. The van der Waals surface area contributed by atoms with Crippen LogP contribution in [0.25, 0.3) is 10.9 Å². The number of amidine groups is 1. The molecule has 0 unspecified atom stereocenters. The van der Waals surface area contributed by atoms with Crippen LogP contribution in [0.5, 0.6) is 0 Å². The lowest BCUT2D eigenvalue weighted by Crippen LogP contribution is -2.14. The van der Waals surface area contributed by atoms with E-state index >= 15 is 0 Å². The number of hydrogen-bond acceptors (Lipinski definition) is 5. The summed E-state index contributed by atoms with van der Waals surface area (Å²) in [6.07, 6.45) is 0. The highest BCUT2D eigenvalue weighted by atomic mass is 32.1. The molecule has 0 spiro atoms. The Hall–Kier alpha value is -2.60. The molecule has 2 aromatic carbocycles. The minimum atomic E-state index is 0.0967. The Morgan fingerprint density at radius 1 is 1.24 bits per heavy atom. The SMILES string of the molecule is CN(c1cccc(C(N)=NO)c1)c1snc2ccccc12. The molecule has 0 fully saturated rings. The van der Waals surface area contributed by atoms with E-state index < -0.39 is 0 Å². The number of hydrogen-bond donors (Lipinski definition) is 2. The maximum atomic E-state index is 8.78. The van der Waals surface area contributed by atoms with Gasteiger partial charge in [-0.2, -0.15) is 4.37 Å². The van der Waals surface area contributed by atoms with E-state index in [0.29, 0.717) is 5.56 Å². The number of benzene rings is 2. The van der Waals surface area contributed by atoms with Crippen LogP contribution >= 0.6 is 11.5 Å². The van der Waals surface area contributed by atoms with E-state index in [1.807, 2.05) is 48.3 Å². The molecule has 0 amide bonds. The summed E-state index contributed by atoms with van der Waals surface area (Å²) in [6, 6.07) is 15.6. The van der Waals surface area contributed by atoms with Gasteiger partial charge in [-0.3, -0.25) is 0 Å². The van der Waals surface area contributed by atoms with E-state index in [1.54, 1.807) is 6.07 Å². The summed E-state index contributed by atoms with van der Waals surface area (Å²) in [7, 11) is 1.98. The molecule has 3 rings (SSSR count). The van der Waals surface area contributed by atoms with E-state index in [2.05, 4.69) is 15.6 Å². The van der Waals surface area contributed by atoms with E-state index in [1.165, 1.54) is 11.5 Å². The number of nitrogens with zero attached hydrogens (tertiary/aromatic N) is 3. The molecule has 0 saturated carbocycles. The first-order valence-corrected chi connectivity index (χ1v) is 7.14. The number of anilines is 2. The Bertz CT molecular complexity index is 812. The predicted molar refractivity (Wildman–Crippen MR) is 86.6 cm³/mol. The molecule has 5 nitrogen and oxygen atoms in total. The van der Waals surface area contributed by atoms with Gasteiger partial charge in [0.2, 0.25) is 0 Å². The fourth-order valence-corrected chi connectivity index (χ4v) is 3.01. The molecule has 3 aromatic rings.